The molecular weight excluding hydrogens is 562 g/mol. The number of ketones is 2. The van der Waals surface area contributed by atoms with Gasteiger partial charge in [-0.3, -0.25) is 19.2 Å². The number of carbonyl (C=O) groups excluding carboxylic acids is 3. The molecule has 0 amide bonds. The van der Waals surface area contributed by atoms with Crippen LogP contribution in [0, 0.1) is 40.4 Å². The first kappa shape index (κ1) is 29.5. The predicted molar refractivity (Wildman–Crippen MR) is 164 cm³/mol. The van der Waals surface area contributed by atoms with Gasteiger partial charge in [-0.25, -0.2) is 0 Å². The van der Waals surface area contributed by atoms with Gasteiger partial charge < -0.3 is 9.84 Å². The lowest BCUT2D eigenvalue weighted by molar-refractivity contribution is -0.252. The summed E-state index contributed by atoms with van der Waals surface area (Å²) in [4.78, 5) is 45.7. The van der Waals surface area contributed by atoms with E-state index in [-0.39, 0.29) is 52.5 Å². The molecule has 7 nitrogen and oxygen atoms in total. The van der Waals surface area contributed by atoms with Crippen LogP contribution >= 0.6 is 11.8 Å². The predicted octanol–water partition coefficient (Wildman–Crippen LogP) is 4.93. The summed E-state index contributed by atoms with van der Waals surface area (Å²) in [5, 5.41) is 14.0. The van der Waals surface area contributed by atoms with Crippen molar-refractivity contribution in [2.24, 2.45) is 40.4 Å². The van der Waals surface area contributed by atoms with Crippen molar-refractivity contribution in [3.8, 4) is 0 Å². The summed E-state index contributed by atoms with van der Waals surface area (Å²) in [6.45, 7) is 6.21. The summed E-state index contributed by atoms with van der Waals surface area (Å²) in [5.41, 5.74) is 0.437. The number of fused-ring (bicyclic) bond motifs is 7. The molecule has 2 heterocycles. The first-order valence-corrected chi connectivity index (χ1v) is 17.2. The minimum absolute atomic E-state index is 0.0156. The van der Waals surface area contributed by atoms with Gasteiger partial charge in [0.05, 0.1) is 24.4 Å². The highest BCUT2D eigenvalue weighted by atomic mass is 32.2. The number of hydrogen-bond donors (Lipinski definition) is 1. The van der Waals surface area contributed by atoms with Gasteiger partial charge in [0, 0.05) is 35.8 Å². The van der Waals surface area contributed by atoms with E-state index in [0.717, 1.165) is 49.0 Å². The third-order valence-corrected chi connectivity index (χ3v) is 13.0. The molecule has 1 aromatic rings. The number of carbonyl (C=O) groups is 3. The lowest BCUT2D eigenvalue weighted by Gasteiger charge is -2.60. The Bertz CT molecular complexity index is 1360. The third kappa shape index (κ3) is 4.62. The quantitative estimate of drug-likeness (QED) is 0.329. The molecule has 5 fully saturated rings. The highest BCUT2D eigenvalue weighted by molar-refractivity contribution is 7.99. The van der Waals surface area contributed by atoms with Crippen LogP contribution in [0.4, 0.5) is 0 Å². The van der Waals surface area contributed by atoms with Gasteiger partial charge in [-0.1, -0.05) is 55.8 Å². The Hall–Kier alpha value is -2.26. The second-order valence-corrected chi connectivity index (χ2v) is 15.3. The molecule has 0 aromatic heterocycles. The summed E-state index contributed by atoms with van der Waals surface area (Å²) in [5.74, 6) is 1.59. The summed E-state index contributed by atoms with van der Waals surface area (Å²) in [6.07, 6.45) is 9.55. The van der Waals surface area contributed by atoms with Crippen molar-refractivity contribution < 1.29 is 29.1 Å². The number of esters is 1. The lowest BCUT2D eigenvalue weighted by Crippen LogP contribution is -2.63. The summed E-state index contributed by atoms with van der Waals surface area (Å²) in [7, 11) is 0. The largest absolute Gasteiger partial charge is 0.465 e. The van der Waals surface area contributed by atoms with Gasteiger partial charge in [-0.2, -0.15) is 16.8 Å². The van der Waals surface area contributed by atoms with Crippen molar-refractivity contribution in [2.45, 2.75) is 70.6 Å². The average Bonchev–Trinajstić information content (AvgIpc) is 3.63. The maximum Gasteiger partial charge on any atom is 0.309 e. The van der Waals surface area contributed by atoms with E-state index in [1.54, 1.807) is 23.9 Å². The smallest absolute Gasteiger partial charge is 0.309 e. The van der Waals surface area contributed by atoms with E-state index in [1.165, 1.54) is 0 Å². The molecule has 7 rings (SSSR count). The molecule has 2 saturated heterocycles. The van der Waals surface area contributed by atoms with E-state index in [1.807, 2.05) is 29.3 Å². The van der Waals surface area contributed by atoms with E-state index in [4.69, 9.17) is 9.57 Å². The number of rotatable bonds is 8. The highest BCUT2D eigenvalue weighted by Gasteiger charge is 2.75. The monoisotopic (exact) mass is 605 g/mol. The van der Waals surface area contributed by atoms with Crippen LogP contribution < -0.4 is 0 Å². The molecule has 4 aliphatic carbocycles. The molecular formula is C35H43NO6S. The number of nitrogens with zero attached hydrogens (tertiary/aromatic N) is 1. The number of allylic oxidation sites excluding steroid dienone is 4. The highest BCUT2D eigenvalue weighted by Crippen LogP contribution is 2.70. The van der Waals surface area contributed by atoms with Gasteiger partial charge in [0.25, 0.3) is 0 Å². The number of benzene rings is 1. The van der Waals surface area contributed by atoms with Crippen molar-refractivity contribution in [1.29, 1.82) is 0 Å². The van der Waals surface area contributed by atoms with Crippen molar-refractivity contribution in [1.82, 2.24) is 5.06 Å². The maximum absolute atomic E-state index is 14.6. The number of cyclic esters (lactones) is 1. The zero-order chi connectivity index (χ0) is 30.0. The molecule has 0 radical (unpaired) electrons. The van der Waals surface area contributed by atoms with Gasteiger partial charge in [0.2, 0.25) is 0 Å². The molecule has 1 aromatic carbocycles. The molecule has 9 atom stereocenters. The van der Waals surface area contributed by atoms with Crippen LogP contribution in [0.3, 0.4) is 0 Å². The molecule has 43 heavy (non-hydrogen) atoms. The molecule has 1 N–H and O–H groups in total. The molecule has 8 heteroatoms. The molecule has 6 aliphatic rings. The number of ether oxygens (including phenoxy) is 1. The van der Waals surface area contributed by atoms with Crippen LogP contribution in [0.1, 0.15) is 57.9 Å². The number of thioether (sulfide) groups is 1. The fourth-order valence-electron chi connectivity index (χ4n) is 10.1. The van der Waals surface area contributed by atoms with Crippen LogP contribution in [0.25, 0.3) is 0 Å². The summed E-state index contributed by atoms with van der Waals surface area (Å²) in [6, 6.07) is 10.2. The van der Waals surface area contributed by atoms with Crippen LogP contribution in [0.2, 0.25) is 0 Å². The van der Waals surface area contributed by atoms with E-state index >= 15 is 0 Å². The van der Waals surface area contributed by atoms with E-state index in [2.05, 4.69) is 26.0 Å². The first-order valence-electron chi connectivity index (χ1n) is 16.0. The summed E-state index contributed by atoms with van der Waals surface area (Å²) < 4.78 is 5.12. The first-order chi connectivity index (χ1) is 20.7. The average molecular weight is 606 g/mol. The van der Waals surface area contributed by atoms with Gasteiger partial charge in [-0.05, 0) is 73.8 Å². The van der Waals surface area contributed by atoms with Gasteiger partial charge in [0.1, 0.15) is 0 Å². The van der Waals surface area contributed by atoms with E-state index < -0.39 is 17.1 Å². The van der Waals surface area contributed by atoms with Crippen LogP contribution in [-0.4, -0.2) is 64.1 Å². The van der Waals surface area contributed by atoms with Gasteiger partial charge in [0.15, 0.2) is 17.2 Å². The third-order valence-electron chi connectivity index (χ3n) is 12.0. The molecule has 3 saturated carbocycles. The topological polar surface area (TPSA) is 93.1 Å². The lowest BCUT2D eigenvalue weighted by atomic mass is 9.46. The molecule has 0 bridgehead atoms. The molecule has 230 valence electrons. The maximum atomic E-state index is 14.6. The SMILES string of the molecule is C[C@]12C=CC(=O)C=C1CC[C@@H]1[C@@H]2[C@@H](O)C[C@@]2(C)[C@H]1C[C@H]1CN(Cc3ccccc3)O[C@]12C(=O)CSCCC1CCOC1=O. The zero-order valence-corrected chi connectivity index (χ0v) is 26.0. The Morgan fingerprint density at radius 1 is 1.16 bits per heavy atom. The Labute approximate surface area is 258 Å². The molecule has 1 unspecified atom stereocenters. The van der Waals surface area contributed by atoms with Crippen LogP contribution in [0.15, 0.2) is 54.1 Å². The van der Waals surface area contributed by atoms with E-state index in [0.29, 0.717) is 31.9 Å². The summed E-state index contributed by atoms with van der Waals surface area (Å²) >= 11 is 1.60. The van der Waals surface area contributed by atoms with Crippen molar-refractivity contribution in [2.75, 3.05) is 24.7 Å². The second-order valence-electron chi connectivity index (χ2n) is 14.2. The van der Waals surface area contributed by atoms with Crippen LogP contribution in [0.5, 0.6) is 0 Å². The Morgan fingerprint density at radius 2 is 1.98 bits per heavy atom. The van der Waals surface area contributed by atoms with Crippen LogP contribution in [-0.2, 0) is 30.5 Å². The second kappa shape index (κ2) is 11.0. The fourth-order valence-corrected chi connectivity index (χ4v) is 11.1. The molecule has 0 spiro atoms. The minimum atomic E-state index is -0.993. The molecule has 2 aliphatic heterocycles. The fraction of sp³-hybridized carbons (Fsp3) is 0.629. The van der Waals surface area contributed by atoms with Crippen molar-refractivity contribution in [3.63, 3.8) is 0 Å². The van der Waals surface area contributed by atoms with Crippen molar-refractivity contribution >= 4 is 29.3 Å². The number of aliphatic hydroxyl groups is 1. The number of aliphatic hydroxyl groups excluding tert-OH is 1. The van der Waals surface area contributed by atoms with Crippen molar-refractivity contribution in [3.05, 3.63) is 59.7 Å². The number of hydrogen-bond acceptors (Lipinski definition) is 8. The number of Topliss-reactive ketones (excluding diaryl/α,β-unsaturated/α-hetero) is 1. The van der Waals surface area contributed by atoms with Gasteiger partial charge >= 0.3 is 5.97 Å². The zero-order valence-electron chi connectivity index (χ0n) is 25.2. The Kier molecular flexibility index (Phi) is 7.51. The Morgan fingerprint density at radius 3 is 2.74 bits per heavy atom. The normalized spacial score (nSPS) is 41.7. The Balaban J connectivity index is 1.16. The standard InChI is InChI=1S/C35H43NO6S/c1-33-13-10-26(37)16-24(33)8-9-27-28-17-25-20-36(19-22-6-4-3-5-7-22)42-35(25,34(28,2)18-29(38)31(27)33)30(39)21-43-15-12-23-11-14-41-32(23)40/h3-7,10,13,16,23,25,27-29,31,38H,8-9,11-12,14-15,17-21H2,1-2H3/t23?,25-,27-,28-,29-,31+,33-,34-,35-/m0/s1. The minimum Gasteiger partial charge on any atom is -0.465 e. The van der Waals surface area contributed by atoms with Gasteiger partial charge in [-0.15, -0.1) is 0 Å². The van der Waals surface area contributed by atoms with E-state index in [9.17, 15) is 19.5 Å². The number of hydroxylamine groups is 2.